The number of benzene rings is 3. The lowest BCUT2D eigenvalue weighted by Gasteiger charge is -2.24. The van der Waals surface area contributed by atoms with E-state index < -0.39 is 34.2 Å². The summed E-state index contributed by atoms with van der Waals surface area (Å²) < 4.78 is 65.6. The molecule has 0 aromatic heterocycles. The molecule has 0 heterocycles. The first kappa shape index (κ1) is 23.6. The summed E-state index contributed by atoms with van der Waals surface area (Å²) in [5, 5.41) is 2.74. The van der Waals surface area contributed by atoms with E-state index >= 15 is 0 Å². The van der Waals surface area contributed by atoms with Gasteiger partial charge in [-0.3, -0.25) is 9.10 Å². The van der Waals surface area contributed by atoms with Gasteiger partial charge in [-0.1, -0.05) is 35.9 Å². The van der Waals surface area contributed by atoms with Gasteiger partial charge in [0, 0.05) is 10.7 Å². The van der Waals surface area contributed by atoms with E-state index in [2.05, 4.69) is 5.32 Å². The Hall–Kier alpha value is -3.04. The smallest absolute Gasteiger partial charge is 0.325 e. The second-order valence-corrected chi connectivity index (χ2v) is 9.15. The van der Waals surface area contributed by atoms with Crippen molar-refractivity contribution >= 4 is 38.9 Å². The lowest BCUT2D eigenvalue weighted by Crippen LogP contribution is -2.38. The van der Waals surface area contributed by atoms with Gasteiger partial charge in [-0.2, -0.15) is 13.2 Å². The first-order valence-electron chi connectivity index (χ1n) is 9.29. The van der Waals surface area contributed by atoms with Gasteiger partial charge in [-0.25, -0.2) is 8.42 Å². The number of sulfonamides is 1. The quantitative estimate of drug-likeness (QED) is 0.504. The minimum Gasteiger partial charge on any atom is -0.325 e. The van der Waals surface area contributed by atoms with E-state index in [1.807, 2.05) is 0 Å². The molecule has 0 aliphatic rings. The van der Waals surface area contributed by atoms with Crippen molar-refractivity contribution in [3.8, 4) is 0 Å². The molecule has 32 heavy (non-hydrogen) atoms. The number of carbonyl (C=O) groups excluding carboxylic acids is 1. The molecular weight excluding hydrogens is 465 g/mol. The topological polar surface area (TPSA) is 66.5 Å². The molecule has 3 aromatic carbocycles. The number of aryl methyl sites for hydroxylation is 1. The van der Waals surface area contributed by atoms with Crippen molar-refractivity contribution in [1.82, 2.24) is 0 Å². The van der Waals surface area contributed by atoms with Crippen LogP contribution in [0.15, 0.2) is 77.7 Å². The number of hydrogen-bond acceptors (Lipinski definition) is 3. The number of anilines is 2. The Morgan fingerprint density at radius 3 is 2.19 bits per heavy atom. The summed E-state index contributed by atoms with van der Waals surface area (Å²) in [6, 6.07) is 16.0. The van der Waals surface area contributed by atoms with Crippen LogP contribution in [0.25, 0.3) is 0 Å². The van der Waals surface area contributed by atoms with Gasteiger partial charge in [-0.15, -0.1) is 0 Å². The molecule has 1 N–H and O–H groups in total. The molecular formula is C22H18ClF3N2O3S. The van der Waals surface area contributed by atoms with E-state index in [9.17, 15) is 26.4 Å². The van der Waals surface area contributed by atoms with E-state index in [0.29, 0.717) is 5.02 Å². The maximum absolute atomic E-state index is 13.2. The molecule has 0 bridgehead atoms. The third-order valence-electron chi connectivity index (χ3n) is 4.56. The van der Waals surface area contributed by atoms with Crippen molar-refractivity contribution < 1.29 is 26.4 Å². The summed E-state index contributed by atoms with van der Waals surface area (Å²) in [4.78, 5) is 12.6. The Labute approximate surface area is 188 Å². The molecule has 0 atom stereocenters. The third-order valence-corrected chi connectivity index (χ3v) is 6.75. The highest BCUT2D eigenvalue weighted by molar-refractivity contribution is 7.92. The molecule has 0 unspecified atom stereocenters. The lowest BCUT2D eigenvalue weighted by molar-refractivity contribution is -0.137. The molecule has 10 heteroatoms. The molecule has 0 saturated carbocycles. The maximum Gasteiger partial charge on any atom is 0.416 e. The summed E-state index contributed by atoms with van der Waals surface area (Å²) in [5.41, 5.74) is 0.133. The number of nitrogens with one attached hydrogen (secondary N) is 1. The minimum atomic E-state index is -4.51. The second-order valence-electron chi connectivity index (χ2n) is 6.88. The molecule has 5 nitrogen and oxygen atoms in total. The largest absolute Gasteiger partial charge is 0.416 e. The van der Waals surface area contributed by atoms with Crippen LogP contribution in [-0.4, -0.2) is 20.9 Å². The Kier molecular flexibility index (Phi) is 6.80. The van der Waals surface area contributed by atoms with E-state index in [4.69, 9.17) is 11.6 Å². The van der Waals surface area contributed by atoms with Crippen LogP contribution in [-0.2, 0) is 21.0 Å². The molecule has 0 saturated heterocycles. The normalized spacial score (nSPS) is 11.8. The van der Waals surface area contributed by atoms with E-state index in [-0.39, 0.29) is 16.3 Å². The van der Waals surface area contributed by atoms with Crippen molar-refractivity contribution in [2.75, 3.05) is 16.2 Å². The fraction of sp³-hybridized carbons (Fsp3) is 0.136. The van der Waals surface area contributed by atoms with Crippen molar-refractivity contribution in [3.05, 3.63) is 88.9 Å². The van der Waals surface area contributed by atoms with Crippen molar-refractivity contribution in [1.29, 1.82) is 0 Å². The number of alkyl halides is 3. The molecule has 0 fully saturated rings. The first-order valence-corrected chi connectivity index (χ1v) is 11.1. The summed E-state index contributed by atoms with van der Waals surface area (Å²) in [7, 11) is -4.13. The van der Waals surface area contributed by atoms with Crippen LogP contribution >= 0.6 is 11.6 Å². The van der Waals surface area contributed by atoms with E-state index in [1.165, 1.54) is 24.3 Å². The van der Waals surface area contributed by atoms with Gasteiger partial charge in [0.25, 0.3) is 10.0 Å². The summed E-state index contributed by atoms with van der Waals surface area (Å²) in [6.07, 6.45) is -4.51. The van der Waals surface area contributed by atoms with Gasteiger partial charge >= 0.3 is 6.18 Å². The Morgan fingerprint density at radius 2 is 1.62 bits per heavy atom. The van der Waals surface area contributed by atoms with Crippen LogP contribution in [0, 0.1) is 6.92 Å². The van der Waals surface area contributed by atoms with Crippen LogP contribution in [0.2, 0.25) is 5.02 Å². The van der Waals surface area contributed by atoms with Crippen LogP contribution in [0.5, 0.6) is 0 Å². The maximum atomic E-state index is 13.2. The zero-order valence-electron chi connectivity index (χ0n) is 16.7. The van der Waals surface area contributed by atoms with Crippen molar-refractivity contribution in [2.24, 2.45) is 0 Å². The fourth-order valence-corrected chi connectivity index (χ4v) is 4.45. The highest BCUT2D eigenvalue weighted by Crippen LogP contribution is 2.30. The highest BCUT2D eigenvalue weighted by atomic mass is 35.5. The molecule has 1 amide bonds. The van der Waals surface area contributed by atoms with Crippen LogP contribution in [0.1, 0.15) is 11.1 Å². The van der Waals surface area contributed by atoms with Crippen LogP contribution < -0.4 is 9.62 Å². The molecule has 0 aliphatic heterocycles. The zero-order valence-corrected chi connectivity index (χ0v) is 18.3. The third kappa shape index (κ3) is 5.41. The number of carbonyl (C=O) groups is 1. The van der Waals surface area contributed by atoms with Gasteiger partial charge in [0.2, 0.25) is 5.91 Å². The van der Waals surface area contributed by atoms with Gasteiger partial charge in [0.05, 0.1) is 16.1 Å². The van der Waals surface area contributed by atoms with Gasteiger partial charge in [0.15, 0.2) is 0 Å². The van der Waals surface area contributed by atoms with Gasteiger partial charge in [0.1, 0.15) is 6.54 Å². The summed E-state index contributed by atoms with van der Waals surface area (Å²) in [6.45, 7) is 1.14. The number of nitrogens with zero attached hydrogens (tertiary/aromatic N) is 1. The Balaban J connectivity index is 1.90. The SMILES string of the molecule is Cc1ccc(N(CC(=O)Nc2ccc(C(F)(F)F)cc2)S(=O)(=O)c2ccccc2)cc1Cl. The second kappa shape index (κ2) is 9.22. The van der Waals surface area contributed by atoms with E-state index in [0.717, 1.165) is 34.1 Å². The molecule has 3 rings (SSSR count). The minimum absolute atomic E-state index is 0.0287. The van der Waals surface area contributed by atoms with Crippen LogP contribution in [0.4, 0.5) is 24.5 Å². The van der Waals surface area contributed by atoms with Crippen molar-refractivity contribution in [3.63, 3.8) is 0 Å². The number of rotatable bonds is 6. The number of amides is 1. The lowest BCUT2D eigenvalue weighted by atomic mass is 10.2. The monoisotopic (exact) mass is 482 g/mol. The molecule has 0 aliphatic carbocycles. The Bertz CT molecular complexity index is 1220. The predicted molar refractivity (Wildman–Crippen MR) is 117 cm³/mol. The van der Waals surface area contributed by atoms with Gasteiger partial charge < -0.3 is 5.32 Å². The first-order chi connectivity index (χ1) is 15.0. The fourth-order valence-electron chi connectivity index (χ4n) is 2.85. The van der Waals surface area contributed by atoms with Crippen LogP contribution in [0.3, 0.4) is 0 Å². The molecule has 168 valence electrons. The zero-order chi connectivity index (χ0) is 23.5. The van der Waals surface area contributed by atoms with Gasteiger partial charge in [-0.05, 0) is 61.0 Å². The molecule has 3 aromatic rings. The summed E-state index contributed by atoms with van der Waals surface area (Å²) >= 11 is 6.16. The molecule has 0 spiro atoms. The predicted octanol–water partition coefficient (Wildman–Crippen LogP) is 5.50. The standard InChI is InChI=1S/C22H18ClF3N2O3S/c1-15-7-12-18(13-20(15)23)28(32(30,31)19-5-3-2-4-6-19)14-21(29)27-17-10-8-16(9-11-17)22(24,25)26/h2-13H,14H2,1H3,(H,27,29). The number of hydrogen-bond donors (Lipinski definition) is 1. The number of halogens is 4. The average molecular weight is 483 g/mol. The summed E-state index contributed by atoms with van der Waals surface area (Å²) in [5.74, 6) is -0.735. The van der Waals surface area contributed by atoms with E-state index in [1.54, 1.807) is 31.2 Å². The Morgan fingerprint density at radius 1 is 1.00 bits per heavy atom. The highest BCUT2D eigenvalue weighted by Gasteiger charge is 2.30. The van der Waals surface area contributed by atoms with Crippen molar-refractivity contribution in [2.45, 2.75) is 18.0 Å². The average Bonchev–Trinajstić information content (AvgIpc) is 2.74. The molecule has 0 radical (unpaired) electrons.